The lowest BCUT2D eigenvalue weighted by Crippen LogP contribution is -2.57. The molecule has 1 aromatic carbocycles. The van der Waals surface area contributed by atoms with E-state index in [1.807, 2.05) is 24.5 Å². The van der Waals surface area contributed by atoms with E-state index in [-0.39, 0.29) is 0 Å². The summed E-state index contributed by atoms with van der Waals surface area (Å²) in [7, 11) is 0. The number of rotatable bonds is 4. The minimum Gasteiger partial charge on any atom is -0.309 e. The van der Waals surface area contributed by atoms with E-state index in [1.54, 1.807) is 0 Å². The molecule has 1 heterocycles. The third-order valence-electron chi connectivity index (χ3n) is 5.73. The molecular weight excluding hydrogens is 304 g/mol. The van der Waals surface area contributed by atoms with Gasteiger partial charge in [-0.1, -0.05) is 36.6 Å². The summed E-state index contributed by atoms with van der Waals surface area (Å²) in [4.78, 5) is 4.10. The van der Waals surface area contributed by atoms with Gasteiger partial charge in [-0.15, -0.1) is 0 Å². The van der Waals surface area contributed by atoms with Crippen LogP contribution < -0.4 is 5.32 Å². The second-order valence-electron chi connectivity index (χ2n) is 6.95. The van der Waals surface area contributed by atoms with Gasteiger partial charge in [0, 0.05) is 35.9 Å². The highest BCUT2D eigenvalue weighted by molar-refractivity contribution is 6.30. The van der Waals surface area contributed by atoms with Crippen molar-refractivity contribution in [2.24, 2.45) is 11.8 Å². The molecule has 4 rings (SSSR count). The molecule has 0 bridgehead atoms. The monoisotopic (exact) mass is 326 g/mol. The van der Waals surface area contributed by atoms with E-state index < -0.39 is 0 Å². The van der Waals surface area contributed by atoms with Gasteiger partial charge in [0.15, 0.2) is 0 Å². The number of nitrogens with one attached hydrogen (secondary N) is 1. The van der Waals surface area contributed by atoms with Crippen molar-refractivity contribution < 1.29 is 0 Å². The summed E-state index contributed by atoms with van der Waals surface area (Å²) in [5.41, 5.74) is 2.76. The van der Waals surface area contributed by atoms with Crippen molar-refractivity contribution in [1.29, 1.82) is 0 Å². The molecule has 2 saturated carbocycles. The zero-order valence-electron chi connectivity index (χ0n) is 13.3. The summed E-state index contributed by atoms with van der Waals surface area (Å²) < 4.78 is 0. The summed E-state index contributed by atoms with van der Waals surface area (Å²) in [6, 6.07) is 13.3. The number of hydrogen-bond donors (Lipinski definition) is 1. The lowest BCUT2D eigenvalue weighted by atomic mass is 9.53. The predicted octanol–water partition coefficient (Wildman–Crippen LogP) is 4.80. The van der Waals surface area contributed by atoms with Crippen molar-refractivity contribution in [1.82, 2.24) is 10.3 Å². The van der Waals surface area contributed by atoms with Crippen LogP contribution in [0.15, 0.2) is 48.8 Å². The van der Waals surface area contributed by atoms with Gasteiger partial charge in [-0.3, -0.25) is 4.98 Å². The van der Waals surface area contributed by atoms with Crippen LogP contribution in [0.3, 0.4) is 0 Å². The molecule has 0 spiro atoms. The second kappa shape index (κ2) is 6.62. The first-order valence-corrected chi connectivity index (χ1v) is 9.08. The maximum Gasteiger partial charge on any atom is 0.0406 e. The van der Waals surface area contributed by atoms with E-state index in [9.17, 15) is 0 Å². The fourth-order valence-electron chi connectivity index (χ4n) is 4.62. The number of nitrogens with zero attached hydrogens (tertiary/aromatic N) is 1. The Morgan fingerprint density at radius 2 is 1.65 bits per heavy atom. The normalized spacial score (nSPS) is 29.6. The molecule has 1 N–H and O–H groups in total. The quantitative estimate of drug-likeness (QED) is 0.873. The first-order chi connectivity index (χ1) is 11.3. The number of benzene rings is 1. The Morgan fingerprint density at radius 1 is 0.957 bits per heavy atom. The smallest absolute Gasteiger partial charge is 0.0406 e. The molecule has 0 aliphatic heterocycles. The number of aromatic nitrogens is 1. The molecule has 2 aliphatic carbocycles. The summed E-state index contributed by atoms with van der Waals surface area (Å²) in [6.45, 7) is 0.931. The zero-order chi connectivity index (χ0) is 15.6. The molecule has 1 aromatic heterocycles. The van der Waals surface area contributed by atoms with E-state index in [0.717, 1.165) is 23.4 Å². The number of fused-ring (bicyclic) bond motifs is 1. The lowest BCUT2D eigenvalue weighted by molar-refractivity contribution is 0.0254. The average Bonchev–Trinajstić information content (AvgIpc) is 2.59. The molecule has 23 heavy (non-hydrogen) atoms. The van der Waals surface area contributed by atoms with Gasteiger partial charge in [0.2, 0.25) is 0 Å². The molecule has 0 radical (unpaired) electrons. The third-order valence-corrected chi connectivity index (χ3v) is 5.98. The fourth-order valence-corrected chi connectivity index (χ4v) is 4.75. The van der Waals surface area contributed by atoms with Crippen LogP contribution in [-0.2, 0) is 6.54 Å². The molecule has 120 valence electrons. The topological polar surface area (TPSA) is 24.9 Å². The van der Waals surface area contributed by atoms with Crippen molar-refractivity contribution >= 4 is 11.6 Å². The lowest BCUT2D eigenvalue weighted by Gasteiger charge is -2.55. The molecule has 4 atom stereocenters. The summed E-state index contributed by atoms with van der Waals surface area (Å²) in [5, 5.41) is 4.67. The van der Waals surface area contributed by atoms with Crippen molar-refractivity contribution in [2.45, 2.75) is 44.2 Å². The Kier molecular flexibility index (Phi) is 4.37. The van der Waals surface area contributed by atoms with E-state index in [0.29, 0.717) is 12.0 Å². The van der Waals surface area contributed by atoms with E-state index in [2.05, 4.69) is 34.6 Å². The number of halogens is 1. The van der Waals surface area contributed by atoms with Crippen molar-refractivity contribution in [3.8, 4) is 0 Å². The van der Waals surface area contributed by atoms with Gasteiger partial charge in [-0.25, -0.2) is 0 Å². The van der Waals surface area contributed by atoms with E-state index in [4.69, 9.17) is 11.6 Å². The number of pyridine rings is 1. The van der Waals surface area contributed by atoms with Crippen molar-refractivity contribution in [3.05, 3.63) is 64.9 Å². The minimum atomic E-state index is 0.592. The first-order valence-electron chi connectivity index (χ1n) is 8.71. The Balaban J connectivity index is 1.51. The Labute approximate surface area is 143 Å². The van der Waals surface area contributed by atoms with Crippen LogP contribution in [0.1, 0.15) is 42.7 Å². The van der Waals surface area contributed by atoms with Gasteiger partial charge < -0.3 is 5.32 Å². The Morgan fingerprint density at radius 3 is 2.39 bits per heavy atom. The molecule has 3 heteroatoms. The van der Waals surface area contributed by atoms with Gasteiger partial charge in [0.1, 0.15) is 0 Å². The zero-order valence-corrected chi connectivity index (χ0v) is 14.0. The van der Waals surface area contributed by atoms with Gasteiger partial charge >= 0.3 is 0 Å². The SMILES string of the molecule is Clc1ccc([C@H]2[C@@H]3CCCC[C@H]3[C@@H]2NCc2ccncc2)cc1. The van der Waals surface area contributed by atoms with Gasteiger partial charge in [0.25, 0.3) is 0 Å². The standard InChI is InChI=1S/C20H23ClN2/c21-16-7-5-15(6-8-16)19-17-3-1-2-4-18(17)20(19)23-13-14-9-11-22-12-10-14/h5-12,17-20,23H,1-4,13H2/t17-,18-,19+,20+/m1/s1. The Hall–Kier alpha value is -1.38. The average molecular weight is 327 g/mol. The highest BCUT2D eigenvalue weighted by Gasteiger charge is 2.50. The third kappa shape index (κ3) is 3.02. The number of hydrogen-bond acceptors (Lipinski definition) is 2. The first kappa shape index (κ1) is 15.2. The second-order valence-corrected chi connectivity index (χ2v) is 7.39. The van der Waals surface area contributed by atoms with Crippen LogP contribution in [0.4, 0.5) is 0 Å². The minimum absolute atomic E-state index is 0.592. The van der Waals surface area contributed by atoms with Crippen LogP contribution in [0.25, 0.3) is 0 Å². The largest absolute Gasteiger partial charge is 0.309 e. The maximum atomic E-state index is 6.07. The molecular formula is C20H23ClN2. The maximum absolute atomic E-state index is 6.07. The van der Waals surface area contributed by atoms with Gasteiger partial charge in [-0.2, -0.15) is 0 Å². The molecule has 0 unspecified atom stereocenters. The van der Waals surface area contributed by atoms with Crippen molar-refractivity contribution in [2.75, 3.05) is 0 Å². The van der Waals surface area contributed by atoms with Gasteiger partial charge in [0.05, 0.1) is 0 Å². The van der Waals surface area contributed by atoms with Crippen LogP contribution in [-0.4, -0.2) is 11.0 Å². The fraction of sp³-hybridized carbons (Fsp3) is 0.450. The molecule has 2 aromatic rings. The van der Waals surface area contributed by atoms with E-state index in [1.165, 1.54) is 36.8 Å². The Bertz CT molecular complexity index is 640. The van der Waals surface area contributed by atoms with Crippen LogP contribution in [0.5, 0.6) is 0 Å². The molecule has 2 nitrogen and oxygen atoms in total. The van der Waals surface area contributed by atoms with Crippen molar-refractivity contribution in [3.63, 3.8) is 0 Å². The highest BCUT2D eigenvalue weighted by Crippen LogP contribution is 2.54. The molecule has 2 aliphatic rings. The van der Waals surface area contributed by atoms with Crippen LogP contribution in [0.2, 0.25) is 5.02 Å². The molecule has 0 amide bonds. The highest BCUT2D eigenvalue weighted by atomic mass is 35.5. The summed E-state index contributed by atoms with van der Waals surface area (Å²) in [6.07, 6.45) is 9.29. The molecule has 2 fully saturated rings. The van der Waals surface area contributed by atoms with Crippen LogP contribution >= 0.6 is 11.6 Å². The summed E-state index contributed by atoms with van der Waals surface area (Å²) >= 11 is 6.07. The predicted molar refractivity (Wildman–Crippen MR) is 94.5 cm³/mol. The van der Waals surface area contributed by atoms with E-state index >= 15 is 0 Å². The van der Waals surface area contributed by atoms with Gasteiger partial charge in [-0.05, 0) is 60.1 Å². The summed E-state index contributed by atoms with van der Waals surface area (Å²) in [5.74, 6) is 2.32. The van der Waals surface area contributed by atoms with Crippen LogP contribution in [0, 0.1) is 11.8 Å². The molecule has 0 saturated heterocycles.